The molecule has 2 unspecified atom stereocenters. The van der Waals surface area contributed by atoms with E-state index in [2.05, 4.69) is 248 Å². The molecule has 2 atom stereocenters. The Labute approximate surface area is 430 Å². The number of allylic oxidation sites excluding steroid dienone is 2. The van der Waals surface area contributed by atoms with Gasteiger partial charge in [-0.2, -0.15) is 0 Å². The minimum absolute atomic E-state index is 0.0213. The van der Waals surface area contributed by atoms with Crippen molar-refractivity contribution in [2.24, 2.45) is 10.8 Å². The molecular formula is C60H93Cl2Si5Zr. The van der Waals surface area contributed by atoms with Crippen LogP contribution < -0.4 is 20.7 Å². The van der Waals surface area contributed by atoms with Gasteiger partial charge in [-0.15, -0.1) is 0 Å². The molecule has 0 radical (unpaired) electrons. The van der Waals surface area contributed by atoms with E-state index in [4.69, 9.17) is 0 Å². The van der Waals surface area contributed by atoms with Gasteiger partial charge in [-0.3, -0.25) is 0 Å². The average Bonchev–Trinajstić information content (AvgIpc) is 3.76. The standard InChI is InChI=1S/2C29H43Si2.C2H7Si.2ClH.Zr/c2*1-28(2,3)22-15-20-13-14-26(29(4,5)6)27(25(20)18-22)21-16-23(30(7,8)9)19-24(17-21)31(10,11)12;1-3-2;;;/h2*13-19H,1-12H3;3H,1-2H3;2*1H;/q;;;;;+2/p-2. The molecule has 0 N–H and O–H groups in total. The van der Waals surface area contributed by atoms with Crippen molar-refractivity contribution in [2.75, 3.05) is 0 Å². The van der Waals surface area contributed by atoms with E-state index in [0.717, 1.165) is 0 Å². The molecule has 68 heavy (non-hydrogen) atoms. The number of hydrogen-bond donors (Lipinski definition) is 0. The summed E-state index contributed by atoms with van der Waals surface area (Å²) in [5.41, 5.74) is 16.4. The second kappa shape index (κ2) is 17.5. The molecule has 0 spiro atoms. The van der Waals surface area contributed by atoms with E-state index in [-0.39, 0.29) is 28.9 Å². The van der Waals surface area contributed by atoms with Crippen molar-refractivity contribution >= 4 is 88.1 Å². The second-order valence-corrected chi connectivity index (χ2v) is 92.8. The molecule has 0 amide bonds. The van der Waals surface area contributed by atoms with Gasteiger partial charge in [-0.1, -0.05) is 0 Å². The summed E-state index contributed by atoms with van der Waals surface area (Å²) in [4.78, 5) is 0. The quantitative estimate of drug-likeness (QED) is 0.147. The first-order valence-electron chi connectivity index (χ1n) is 26.0. The van der Waals surface area contributed by atoms with Crippen molar-refractivity contribution in [3.05, 3.63) is 105 Å². The van der Waals surface area contributed by atoms with Crippen molar-refractivity contribution in [3.63, 3.8) is 0 Å². The molecule has 371 valence electrons. The van der Waals surface area contributed by atoms with Crippen LogP contribution in [0.25, 0.3) is 34.4 Å². The summed E-state index contributed by atoms with van der Waals surface area (Å²) < 4.78 is -0.0426. The predicted molar refractivity (Wildman–Crippen MR) is 324 cm³/mol. The third-order valence-electron chi connectivity index (χ3n) is 15.9. The minimum atomic E-state index is -5.31. The summed E-state index contributed by atoms with van der Waals surface area (Å²) in [6.07, 6.45) is 5.28. The van der Waals surface area contributed by atoms with Gasteiger partial charge in [0.15, 0.2) is 0 Å². The van der Waals surface area contributed by atoms with Gasteiger partial charge in [0.25, 0.3) is 0 Å². The summed E-state index contributed by atoms with van der Waals surface area (Å²) in [6, 6.07) is 25.6. The first-order chi connectivity index (χ1) is 30.3. The van der Waals surface area contributed by atoms with Gasteiger partial charge in [0, 0.05) is 0 Å². The molecule has 4 aromatic rings. The van der Waals surface area contributed by atoms with Crippen LogP contribution in [0.4, 0.5) is 0 Å². The van der Waals surface area contributed by atoms with Gasteiger partial charge >= 0.3 is 435 Å². The van der Waals surface area contributed by atoms with E-state index in [9.17, 15) is 17.0 Å². The van der Waals surface area contributed by atoms with Gasteiger partial charge in [-0.25, -0.2) is 0 Å². The third-order valence-corrected chi connectivity index (χ3v) is 75.5. The zero-order chi connectivity index (χ0) is 51.9. The molecule has 2 aliphatic rings. The van der Waals surface area contributed by atoms with Crippen LogP contribution in [0.5, 0.6) is 0 Å². The van der Waals surface area contributed by atoms with E-state index in [0.29, 0.717) is 0 Å². The maximum absolute atomic E-state index is 9.37. The monoisotopic (exact) mass is 1110 g/mol. The molecule has 0 saturated carbocycles. The Hall–Kier alpha value is -1.09. The molecule has 0 nitrogen and oxygen atoms in total. The second-order valence-electron chi connectivity index (χ2n) is 30.0. The van der Waals surface area contributed by atoms with Crippen LogP contribution in [0, 0.1) is 10.8 Å². The molecule has 2 aliphatic carbocycles. The van der Waals surface area contributed by atoms with E-state index >= 15 is 0 Å². The predicted octanol–water partition coefficient (Wildman–Crippen LogP) is 17.4. The first kappa shape index (κ1) is 56.2. The molecule has 0 aliphatic heterocycles. The Balaban J connectivity index is 1.80. The van der Waals surface area contributed by atoms with E-state index in [1.54, 1.807) is 20.7 Å². The van der Waals surface area contributed by atoms with Crippen LogP contribution in [0.15, 0.2) is 71.8 Å². The van der Waals surface area contributed by atoms with Crippen LogP contribution in [-0.4, -0.2) is 38.2 Å². The number of halogens is 2. The van der Waals surface area contributed by atoms with Crippen molar-refractivity contribution < 1.29 is 15.6 Å². The van der Waals surface area contributed by atoms with E-state index in [1.165, 1.54) is 66.8 Å². The first-order valence-corrected chi connectivity index (χ1v) is 56.3. The average molecular weight is 1120 g/mol. The van der Waals surface area contributed by atoms with Gasteiger partial charge in [0.05, 0.1) is 0 Å². The van der Waals surface area contributed by atoms with Gasteiger partial charge < -0.3 is 0 Å². The summed E-state index contributed by atoms with van der Waals surface area (Å²) >= 11 is -5.31. The number of fused-ring (bicyclic) bond motifs is 2. The summed E-state index contributed by atoms with van der Waals surface area (Å²) in [5, 5.41) is 6.20. The molecular weight excluding hydrogens is 1020 g/mol. The van der Waals surface area contributed by atoms with Crippen molar-refractivity contribution in [1.29, 1.82) is 0 Å². The maximum atomic E-state index is 9.37. The van der Waals surface area contributed by atoms with Gasteiger partial charge in [0.2, 0.25) is 0 Å². The van der Waals surface area contributed by atoms with Crippen molar-refractivity contribution in [2.45, 2.75) is 193 Å². The Morgan fingerprint density at radius 1 is 0.412 bits per heavy atom. The Morgan fingerprint density at radius 2 is 0.676 bits per heavy atom. The zero-order valence-electron chi connectivity index (χ0n) is 47.9. The number of rotatable bonds is 9. The molecule has 0 aromatic heterocycles. The number of hydrogen-bond acceptors (Lipinski definition) is 0. The Morgan fingerprint density at radius 3 is 0.882 bits per heavy atom. The summed E-state index contributed by atoms with van der Waals surface area (Å²) in [5.74, 6) is -1.87. The Bertz CT molecular complexity index is 2470. The molecule has 0 fully saturated rings. The Kier molecular flexibility index (Phi) is 14.5. The molecule has 4 aromatic carbocycles. The van der Waals surface area contributed by atoms with Gasteiger partial charge in [0.1, 0.15) is 0 Å². The molecule has 0 bridgehead atoms. The normalized spacial score (nSPS) is 18.3. The van der Waals surface area contributed by atoms with Gasteiger partial charge in [-0.05, 0) is 0 Å². The fourth-order valence-corrected chi connectivity index (χ4v) is 47.8. The topological polar surface area (TPSA) is 0 Å². The van der Waals surface area contributed by atoms with Crippen molar-refractivity contribution in [1.82, 2.24) is 0 Å². The zero-order valence-corrected chi connectivity index (χ0v) is 57.0. The van der Waals surface area contributed by atoms with Crippen molar-refractivity contribution in [3.8, 4) is 22.3 Å². The van der Waals surface area contributed by atoms with Crippen LogP contribution in [0.2, 0.25) is 91.7 Å². The molecule has 0 heterocycles. The number of benzene rings is 4. The fraction of sp³-hybridized carbons (Fsp3) is 0.533. The summed E-state index contributed by atoms with van der Waals surface area (Å²) in [6.45, 7) is 64.2. The fourth-order valence-electron chi connectivity index (χ4n) is 11.4. The van der Waals surface area contributed by atoms with Crippen LogP contribution in [0.1, 0.15) is 124 Å². The van der Waals surface area contributed by atoms with Crippen LogP contribution in [-0.2, 0) is 26.4 Å². The van der Waals surface area contributed by atoms with Crippen LogP contribution >= 0.6 is 17.0 Å². The summed E-state index contributed by atoms with van der Waals surface area (Å²) in [7, 11) is 12.0. The SMILES string of the molecule is C[SiH](C)[Zr]([Cl])([Cl])([CH]1C(C(C)(C)C)=Cc2c1ccc(C(C)(C)C)c2-c1cc([Si](C)(C)C)cc([Si](C)(C)C)c1)[CH]1C(C(C)(C)C)=Cc2c1ccc(C(C)(C)C)c2-c1cc([Si](C)(C)C)cc([Si](C)(C)C)c1. The van der Waals surface area contributed by atoms with E-state index in [1.807, 2.05) is 0 Å². The third kappa shape index (κ3) is 10.2. The van der Waals surface area contributed by atoms with Crippen LogP contribution in [0.3, 0.4) is 0 Å². The molecule has 0 saturated heterocycles. The molecule has 8 heteroatoms. The molecule has 6 rings (SSSR count). The van der Waals surface area contributed by atoms with E-state index < -0.39 is 53.8 Å².